The lowest BCUT2D eigenvalue weighted by Crippen LogP contribution is -2.43. The van der Waals surface area contributed by atoms with Crippen molar-refractivity contribution in [1.29, 1.82) is 0 Å². The third-order valence-corrected chi connectivity index (χ3v) is 6.00. The zero-order valence-corrected chi connectivity index (χ0v) is 15.7. The van der Waals surface area contributed by atoms with Gasteiger partial charge in [-0.1, -0.05) is 0 Å². The molecule has 6 rings (SSSR count). The number of rotatable bonds is 5. The summed E-state index contributed by atoms with van der Waals surface area (Å²) >= 11 is 0. The van der Waals surface area contributed by atoms with Gasteiger partial charge >= 0.3 is 0 Å². The number of nitrogens with zero attached hydrogens (tertiary/aromatic N) is 4. The SMILES string of the molecule is Cc1[nH]cnc1CN1CC2CCC(C1)N(Cc1ccc(-c3ccn[nH]3)o1)C2. The fourth-order valence-electron chi connectivity index (χ4n) is 4.56. The van der Waals surface area contributed by atoms with Crippen LogP contribution in [0.3, 0.4) is 0 Å². The Morgan fingerprint density at radius 2 is 2.11 bits per heavy atom. The molecule has 3 saturated heterocycles. The van der Waals surface area contributed by atoms with Crippen LogP contribution in [0, 0.1) is 12.8 Å². The first-order valence-corrected chi connectivity index (χ1v) is 9.78. The number of hydrogen-bond donors (Lipinski definition) is 2. The van der Waals surface area contributed by atoms with Crippen LogP contribution in [-0.2, 0) is 13.1 Å². The molecule has 3 fully saturated rings. The summed E-state index contributed by atoms with van der Waals surface area (Å²) in [6, 6.07) is 6.65. The predicted octanol–water partition coefficient (Wildman–Crippen LogP) is 2.80. The highest BCUT2D eigenvalue weighted by molar-refractivity contribution is 5.51. The molecular weight excluding hydrogens is 340 g/mol. The van der Waals surface area contributed by atoms with Crippen molar-refractivity contribution in [2.24, 2.45) is 5.92 Å². The van der Waals surface area contributed by atoms with Crippen LogP contribution in [0.4, 0.5) is 0 Å². The molecule has 7 heteroatoms. The Balaban J connectivity index is 1.27. The Bertz CT molecular complexity index is 882. The normalized spacial score (nSPS) is 23.7. The molecule has 2 N–H and O–H groups in total. The Kier molecular flexibility index (Phi) is 4.33. The minimum Gasteiger partial charge on any atom is -0.458 e. The standard InChI is InChI=1S/C20H26N6O/c1-14-19(22-13-21-14)12-25-8-15-2-3-16(10-25)26(9-15)11-17-4-5-20(27-17)18-6-7-23-24-18/h4-7,13,15-16H,2-3,8-12H2,1H3,(H,21,22)(H,23,24). The second-order valence-electron chi connectivity index (χ2n) is 7.93. The first-order chi connectivity index (χ1) is 13.2. The smallest absolute Gasteiger partial charge is 0.152 e. The van der Waals surface area contributed by atoms with Gasteiger partial charge in [0.1, 0.15) is 11.5 Å². The third kappa shape index (κ3) is 3.44. The molecule has 142 valence electrons. The molecule has 0 radical (unpaired) electrons. The van der Waals surface area contributed by atoms with E-state index < -0.39 is 0 Å². The predicted molar refractivity (Wildman–Crippen MR) is 102 cm³/mol. The van der Waals surface area contributed by atoms with Crippen LogP contribution in [0.1, 0.15) is 30.0 Å². The number of aromatic nitrogens is 4. The van der Waals surface area contributed by atoms with Gasteiger partial charge in [-0.25, -0.2) is 4.98 Å². The summed E-state index contributed by atoms with van der Waals surface area (Å²) in [4.78, 5) is 12.9. The number of fused-ring (bicyclic) bond motifs is 4. The maximum Gasteiger partial charge on any atom is 0.152 e. The van der Waals surface area contributed by atoms with Gasteiger partial charge in [-0.15, -0.1) is 0 Å². The van der Waals surface area contributed by atoms with Gasteiger partial charge in [0.05, 0.1) is 18.6 Å². The average Bonchev–Trinajstić information content (AvgIpc) is 3.37. The van der Waals surface area contributed by atoms with E-state index in [-0.39, 0.29) is 0 Å². The summed E-state index contributed by atoms with van der Waals surface area (Å²) in [5, 5.41) is 6.97. The maximum absolute atomic E-state index is 6.07. The van der Waals surface area contributed by atoms with Crippen molar-refractivity contribution in [2.45, 2.75) is 38.9 Å². The molecule has 0 aliphatic carbocycles. The molecule has 2 atom stereocenters. The van der Waals surface area contributed by atoms with Crippen molar-refractivity contribution in [3.05, 3.63) is 47.9 Å². The van der Waals surface area contributed by atoms with Crippen molar-refractivity contribution < 1.29 is 4.42 Å². The first kappa shape index (κ1) is 16.8. The minimum atomic E-state index is 0.587. The van der Waals surface area contributed by atoms with Crippen molar-refractivity contribution in [1.82, 2.24) is 30.0 Å². The van der Waals surface area contributed by atoms with Gasteiger partial charge in [-0.3, -0.25) is 14.9 Å². The lowest BCUT2D eigenvalue weighted by Gasteiger charge is -2.35. The maximum atomic E-state index is 6.07. The minimum absolute atomic E-state index is 0.587. The van der Waals surface area contributed by atoms with Crippen molar-refractivity contribution in [3.63, 3.8) is 0 Å². The third-order valence-electron chi connectivity index (χ3n) is 6.00. The summed E-state index contributed by atoms with van der Waals surface area (Å²) in [7, 11) is 0. The summed E-state index contributed by atoms with van der Waals surface area (Å²) in [5.74, 6) is 2.62. The zero-order chi connectivity index (χ0) is 18.2. The molecule has 0 amide bonds. The molecule has 3 aromatic heterocycles. The largest absolute Gasteiger partial charge is 0.458 e. The highest BCUT2D eigenvalue weighted by atomic mass is 16.3. The number of imidazole rings is 1. The number of furan rings is 1. The quantitative estimate of drug-likeness (QED) is 0.726. The van der Waals surface area contributed by atoms with Crippen LogP contribution in [0.2, 0.25) is 0 Å². The molecule has 0 saturated carbocycles. The molecule has 27 heavy (non-hydrogen) atoms. The topological polar surface area (TPSA) is 77.0 Å². The number of piperidine rings is 1. The number of aromatic amines is 2. The van der Waals surface area contributed by atoms with Gasteiger partial charge in [-0.05, 0) is 43.9 Å². The lowest BCUT2D eigenvalue weighted by molar-refractivity contribution is 0.114. The highest BCUT2D eigenvalue weighted by Gasteiger charge is 2.35. The van der Waals surface area contributed by atoms with Gasteiger partial charge in [0, 0.05) is 44.1 Å². The number of hydrogen-bond acceptors (Lipinski definition) is 5. The molecule has 0 aromatic carbocycles. The Labute approximate surface area is 158 Å². The van der Waals surface area contributed by atoms with Crippen molar-refractivity contribution >= 4 is 0 Å². The van der Waals surface area contributed by atoms with Crippen molar-refractivity contribution in [3.8, 4) is 11.5 Å². The van der Waals surface area contributed by atoms with E-state index in [0.29, 0.717) is 6.04 Å². The molecule has 2 unspecified atom stereocenters. The fourth-order valence-corrected chi connectivity index (χ4v) is 4.56. The van der Waals surface area contributed by atoms with Crippen LogP contribution < -0.4 is 0 Å². The second kappa shape index (κ2) is 6.98. The van der Waals surface area contributed by atoms with E-state index in [2.05, 4.69) is 43.0 Å². The number of nitrogens with one attached hydrogen (secondary N) is 2. The van der Waals surface area contributed by atoms with E-state index in [4.69, 9.17) is 4.42 Å². The molecule has 0 spiro atoms. The van der Waals surface area contributed by atoms with Crippen LogP contribution in [0.25, 0.3) is 11.5 Å². The molecule has 2 bridgehead atoms. The van der Waals surface area contributed by atoms with Crippen LogP contribution >= 0.6 is 0 Å². The molecule has 3 aliphatic heterocycles. The molecule has 7 nitrogen and oxygen atoms in total. The highest BCUT2D eigenvalue weighted by Crippen LogP contribution is 2.31. The van der Waals surface area contributed by atoms with Crippen LogP contribution in [0.15, 0.2) is 35.1 Å². The van der Waals surface area contributed by atoms with Crippen LogP contribution in [-0.4, -0.2) is 55.6 Å². The lowest BCUT2D eigenvalue weighted by atomic mass is 9.95. The number of aryl methyl sites for hydroxylation is 1. The molecule has 3 aliphatic rings. The molecular formula is C20H26N6O. The zero-order valence-electron chi connectivity index (χ0n) is 15.7. The van der Waals surface area contributed by atoms with E-state index in [1.165, 1.54) is 24.2 Å². The Morgan fingerprint density at radius 1 is 1.15 bits per heavy atom. The summed E-state index contributed by atoms with van der Waals surface area (Å²) in [6.45, 7) is 7.36. The van der Waals surface area contributed by atoms with Gasteiger partial charge < -0.3 is 9.40 Å². The van der Waals surface area contributed by atoms with E-state index in [1.54, 1.807) is 12.5 Å². The van der Waals surface area contributed by atoms with Gasteiger partial charge in [0.25, 0.3) is 0 Å². The Morgan fingerprint density at radius 3 is 2.93 bits per heavy atom. The molecule has 3 aromatic rings. The van der Waals surface area contributed by atoms with Crippen LogP contribution in [0.5, 0.6) is 0 Å². The summed E-state index contributed by atoms with van der Waals surface area (Å²) < 4.78 is 6.07. The van der Waals surface area contributed by atoms with Gasteiger partial charge in [-0.2, -0.15) is 5.10 Å². The Hall–Kier alpha value is -2.38. The van der Waals surface area contributed by atoms with Crippen molar-refractivity contribution in [2.75, 3.05) is 19.6 Å². The van der Waals surface area contributed by atoms with E-state index in [9.17, 15) is 0 Å². The van der Waals surface area contributed by atoms with E-state index >= 15 is 0 Å². The molecule has 6 heterocycles. The number of H-pyrrole nitrogens is 2. The summed E-state index contributed by atoms with van der Waals surface area (Å²) in [6.07, 6.45) is 6.15. The van der Waals surface area contributed by atoms with Gasteiger partial charge in [0.2, 0.25) is 0 Å². The second-order valence-corrected chi connectivity index (χ2v) is 7.93. The first-order valence-electron chi connectivity index (χ1n) is 9.78. The monoisotopic (exact) mass is 366 g/mol. The summed E-state index contributed by atoms with van der Waals surface area (Å²) in [5.41, 5.74) is 3.29. The van der Waals surface area contributed by atoms with Gasteiger partial charge in [0.15, 0.2) is 5.76 Å². The van der Waals surface area contributed by atoms with E-state index in [1.807, 2.05) is 12.1 Å². The average molecular weight is 366 g/mol. The van der Waals surface area contributed by atoms with E-state index in [0.717, 1.165) is 55.9 Å². The fraction of sp³-hybridized carbons (Fsp3) is 0.500.